The minimum absolute atomic E-state index is 0.0675. The standard InChI is InChI=1S/C19H25NO5/c1-5-25-19(22)17-16-11(2)8-15(21)20(18(16)17)10-12-6-7-13(23-3)9-14(12)24-4/h6-7,9,11,16-18H,5,8,10H2,1-4H3/t11-,16+,17+,18+/m0/s1. The van der Waals surface area contributed by atoms with Crippen molar-refractivity contribution >= 4 is 11.9 Å². The van der Waals surface area contributed by atoms with E-state index in [-0.39, 0.29) is 35.7 Å². The number of hydrogen-bond acceptors (Lipinski definition) is 5. The summed E-state index contributed by atoms with van der Waals surface area (Å²) in [5.74, 6) is 1.47. The number of esters is 1. The number of hydrogen-bond donors (Lipinski definition) is 0. The predicted molar refractivity (Wildman–Crippen MR) is 91.3 cm³/mol. The molecule has 136 valence electrons. The molecule has 0 aromatic heterocycles. The van der Waals surface area contributed by atoms with E-state index in [4.69, 9.17) is 14.2 Å². The zero-order chi connectivity index (χ0) is 18.1. The molecule has 0 spiro atoms. The molecule has 2 fully saturated rings. The molecule has 6 nitrogen and oxygen atoms in total. The van der Waals surface area contributed by atoms with Gasteiger partial charge < -0.3 is 19.1 Å². The zero-order valence-electron chi connectivity index (χ0n) is 15.2. The third-order valence-corrected chi connectivity index (χ3v) is 5.26. The van der Waals surface area contributed by atoms with Crippen LogP contribution in [0.3, 0.4) is 0 Å². The van der Waals surface area contributed by atoms with Gasteiger partial charge in [0.15, 0.2) is 0 Å². The van der Waals surface area contributed by atoms with E-state index >= 15 is 0 Å². The lowest BCUT2D eigenvalue weighted by Crippen LogP contribution is -2.39. The van der Waals surface area contributed by atoms with Crippen LogP contribution in [0.2, 0.25) is 0 Å². The van der Waals surface area contributed by atoms with Crippen LogP contribution in [0, 0.1) is 17.8 Å². The van der Waals surface area contributed by atoms with Gasteiger partial charge in [-0.05, 0) is 30.9 Å². The Morgan fingerprint density at radius 1 is 1.28 bits per heavy atom. The Kier molecular flexibility index (Phi) is 4.88. The van der Waals surface area contributed by atoms with Crippen molar-refractivity contribution in [1.29, 1.82) is 0 Å². The number of fused-ring (bicyclic) bond motifs is 1. The highest BCUT2D eigenvalue weighted by Gasteiger charge is 2.64. The average molecular weight is 347 g/mol. The van der Waals surface area contributed by atoms with Gasteiger partial charge in [0, 0.05) is 30.6 Å². The van der Waals surface area contributed by atoms with Gasteiger partial charge in [0.05, 0.1) is 26.7 Å². The summed E-state index contributed by atoms with van der Waals surface area (Å²) in [5.41, 5.74) is 0.902. The molecule has 25 heavy (non-hydrogen) atoms. The molecule has 1 saturated heterocycles. The van der Waals surface area contributed by atoms with Crippen LogP contribution in [0.15, 0.2) is 18.2 Å². The molecule has 6 heteroatoms. The van der Waals surface area contributed by atoms with Gasteiger partial charge >= 0.3 is 5.97 Å². The second kappa shape index (κ2) is 6.94. The number of nitrogens with zero attached hydrogens (tertiary/aromatic N) is 1. The molecule has 1 saturated carbocycles. The second-order valence-electron chi connectivity index (χ2n) is 6.73. The maximum atomic E-state index is 12.6. The van der Waals surface area contributed by atoms with Crippen molar-refractivity contribution < 1.29 is 23.8 Å². The fraction of sp³-hybridized carbons (Fsp3) is 0.579. The summed E-state index contributed by atoms with van der Waals surface area (Å²) in [5, 5.41) is 0. The summed E-state index contributed by atoms with van der Waals surface area (Å²) in [6.45, 7) is 4.64. The Balaban J connectivity index is 1.82. The summed E-state index contributed by atoms with van der Waals surface area (Å²) in [6, 6.07) is 5.49. The van der Waals surface area contributed by atoms with Crippen molar-refractivity contribution in [3.8, 4) is 11.5 Å². The summed E-state index contributed by atoms with van der Waals surface area (Å²) in [4.78, 5) is 26.6. The number of benzene rings is 1. The number of rotatable bonds is 6. The molecule has 1 aromatic rings. The van der Waals surface area contributed by atoms with Gasteiger partial charge in [-0.15, -0.1) is 0 Å². The Morgan fingerprint density at radius 2 is 2.04 bits per heavy atom. The lowest BCUT2D eigenvalue weighted by Gasteiger charge is -2.30. The molecule has 1 amide bonds. The van der Waals surface area contributed by atoms with E-state index < -0.39 is 0 Å². The van der Waals surface area contributed by atoms with Crippen molar-refractivity contribution in [3.05, 3.63) is 23.8 Å². The van der Waals surface area contributed by atoms with Gasteiger partial charge in [-0.1, -0.05) is 6.92 Å². The van der Waals surface area contributed by atoms with Gasteiger partial charge in [0.2, 0.25) is 5.91 Å². The van der Waals surface area contributed by atoms with Gasteiger partial charge in [-0.3, -0.25) is 9.59 Å². The van der Waals surface area contributed by atoms with E-state index in [1.807, 2.05) is 24.0 Å². The molecule has 0 radical (unpaired) electrons. The molecule has 0 unspecified atom stereocenters. The van der Waals surface area contributed by atoms with Gasteiger partial charge in [-0.2, -0.15) is 0 Å². The number of amides is 1. The number of ether oxygens (including phenoxy) is 3. The third-order valence-electron chi connectivity index (χ3n) is 5.26. The number of carbonyl (C=O) groups excluding carboxylic acids is 2. The summed E-state index contributed by atoms with van der Waals surface area (Å²) in [7, 11) is 3.20. The molecule has 1 aliphatic carbocycles. The normalized spacial score (nSPS) is 27.5. The molecule has 0 bridgehead atoms. The molecular formula is C19H25NO5. The summed E-state index contributed by atoms with van der Waals surface area (Å²) < 4.78 is 15.9. The first-order valence-electron chi connectivity index (χ1n) is 8.68. The molecule has 0 N–H and O–H groups in total. The minimum Gasteiger partial charge on any atom is -0.497 e. The summed E-state index contributed by atoms with van der Waals surface area (Å²) in [6.07, 6.45) is 0.468. The predicted octanol–water partition coefficient (Wildman–Crippen LogP) is 2.25. The zero-order valence-corrected chi connectivity index (χ0v) is 15.2. The number of methoxy groups -OCH3 is 2. The van der Waals surface area contributed by atoms with E-state index in [0.717, 1.165) is 5.56 Å². The molecule has 3 rings (SSSR count). The quantitative estimate of drug-likeness (QED) is 0.739. The van der Waals surface area contributed by atoms with E-state index in [0.29, 0.717) is 31.1 Å². The molecule has 1 aliphatic heterocycles. The van der Waals surface area contributed by atoms with Crippen LogP contribution in [0.4, 0.5) is 0 Å². The van der Waals surface area contributed by atoms with Crippen LogP contribution < -0.4 is 9.47 Å². The van der Waals surface area contributed by atoms with E-state index in [9.17, 15) is 9.59 Å². The number of likely N-dealkylation sites (tertiary alicyclic amines) is 1. The lowest BCUT2D eigenvalue weighted by atomic mass is 9.96. The fourth-order valence-electron chi connectivity index (χ4n) is 4.00. The first kappa shape index (κ1) is 17.6. The first-order chi connectivity index (χ1) is 12.0. The highest BCUT2D eigenvalue weighted by atomic mass is 16.5. The average Bonchev–Trinajstić information content (AvgIpc) is 3.35. The minimum atomic E-state index is -0.203. The Morgan fingerprint density at radius 3 is 2.68 bits per heavy atom. The van der Waals surface area contributed by atoms with Crippen molar-refractivity contribution in [2.24, 2.45) is 17.8 Å². The SMILES string of the molecule is CCOC(=O)[C@@H]1[C@@H]2[C@H]1N(Cc1ccc(OC)cc1OC)C(=O)C[C@@H]2C. The Bertz CT molecular complexity index is 674. The van der Waals surface area contributed by atoms with Crippen LogP contribution in [0.5, 0.6) is 11.5 Å². The maximum Gasteiger partial charge on any atom is 0.311 e. The van der Waals surface area contributed by atoms with Crippen LogP contribution in [-0.2, 0) is 20.9 Å². The van der Waals surface area contributed by atoms with Crippen LogP contribution in [0.25, 0.3) is 0 Å². The number of piperidine rings is 1. The Hall–Kier alpha value is -2.24. The second-order valence-corrected chi connectivity index (χ2v) is 6.73. The molecular weight excluding hydrogens is 322 g/mol. The third kappa shape index (κ3) is 3.17. The van der Waals surface area contributed by atoms with E-state index in [1.165, 1.54) is 0 Å². The highest BCUT2D eigenvalue weighted by molar-refractivity contribution is 5.84. The van der Waals surface area contributed by atoms with Crippen LogP contribution in [0.1, 0.15) is 25.8 Å². The van der Waals surface area contributed by atoms with Crippen LogP contribution in [-0.4, -0.2) is 43.6 Å². The Labute approximate surface area is 148 Å². The smallest absolute Gasteiger partial charge is 0.311 e. The van der Waals surface area contributed by atoms with Gasteiger partial charge in [0.25, 0.3) is 0 Å². The van der Waals surface area contributed by atoms with E-state index in [2.05, 4.69) is 0 Å². The van der Waals surface area contributed by atoms with Crippen LogP contribution >= 0.6 is 0 Å². The molecule has 1 heterocycles. The molecule has 4 atom stereocenters. The summed E-state index contributed by atoms with van der Waals surface area (Å²) >= 11 is 0. The monoisotopic (exact) mass is 347 g/mol. The van der Waals surface area contributed by atoms with Crippen molar-refractivity contribution in [2.45, 2.75) is 32.9 Å². The highest BCUT2D eigenvalue weighted by Crippen LogP contribution is 2.53. The largest absolute Gasteiger partial charge is 0.497 e. The molecule has 1 aromatic carbocycles. The lowest BCUT2D eigenvalue weighted by molar-refractivity contribution is -0.145. The molecule has 2 aliphatic rings. The number of carbonyl (C=O) groups is 2. The first-order valence-corrected chi connectivity index (χ1v) is 8.68. The fourth-order valence-corrected chi connectivity index (χ4v) is 4.00. The van der Waals surface area contributed by atoms with Gasteiger partial charge in [0.1, 0.15) is 11.5 Å². The van der Waals surface area contributed by atoms with Gasteiger partial charge in [-0.25, -0.2) is 0 Å². The maximum absolute atomic E-state index is 12.6. The van der Waals surface area contributed by atoms with Crippen molar-refractivity contribution in [1.82, 2.24) is 4.90 Å². The van der Waals surface area contributed by atoms with Crippen molar-refractivity contribution in [2.75, 3.05) is 20.8 Å². The van der Waals surface area contributed by atoms with Crippen molar-refractivity contribution in [3.63, 3.8) is 0 Å². The van der Waals surface area contributed by atoms with E-state index in [1.54, 1.807) is 27.2 Å². The topological polar surface area (TPSA) is 65.1 Å².